The van der Waals surface area contributed by atoms with E-state index in [9.17, 15) is 30.0 Å². The Balaban J connectivity index is 1.70. The fourth-order valence-electron chi connectivity index (χ4n) is 3.98. The second-order valence-corrected chi connectivity index (χ2v) is 12.3. The van der Waals surface area contributed by atoms with Gasteiger partial charge in [-0.15, -0.1) is 0 Å². The molecule has 41 heavy (non-hydrogen) atoms. The highest BCUT2D eigenvalue weighted by molar-refractivity contribution is 7.90. The molecule has 1 heterocycles. The number of guanidine groups is 1. The molecule has 10 nitrogen and oxygen atoms in total. The lowest BCUT2D eigenvalue weighted by Crippen LogP contribution is -2.42. The summed E-state index contributed by atoms with van der Waals surface area (Å²) in [7, 11) is -8.46. The zero-order valence-corrected chi connectivity index (χ0v) is 23.5. The first-order valence-electron chi connectivity index (χ1n) is 11.9. The summed E-state index contributed by atoms with van der Waals surface area (Å²) in [5.41, 5.74) is 1.16. The standard InChI is InChI=1S/C25H24ClF3N6O4S2/c26-20-10-6-18(7-11-20)23-22(17-4-2-1-3-5-17)16-35(33-23)24(31-14-15-32-41(30,38)39)34-40(36,37)21-12-8-19(9-13-21)25(27,28)29/h1-13,22,32H,14-16H2,(H,31,34)(H2,30,38,39)/t22-/m0/s1. The van der Waals surface area contributed by atoms with Gasteiger partial charge in [-0.1, -0.05) is 54.1 Å². The van der Waals surface area contributed by atoms with E-state index in [4.69, 9.17) is 16.7 Å². The summed E-state index contributed by atoms with van der Waals surface area (Å²) in [5, 5.41) is 11.4. The summed E-state index contributed by atoms with van der Waals surface area (Å²) in [6.07, 6.45) is -4.65. The second-order valence-electron chi connectivity index (χ2n) is 8.81. The van der Waals surface area contributed by atoms with Crippen LogP contribution < -0.4 is 14.6 Å². The van der Waals surface area contributed by atoms with Gasteiger partial charge in [0.05, 0.1) is 29.3 Å². The van der Waals surface area contributed by atoms with E-state index in [2.05, 4.69) is 14.8 Å². The Hall–Kier alpha value is -3.50. The lowest BCUT2D eigenvalue weighted by atomic mass is 9.91. The van der Waals surface area contributed by atoms with E-state index >= 15 is 0 Å². The normalized spacial score (nSPS) is 16.5. The smallest absolute Gasteiger partial charge is 0.249 e. The molecule has 0 saturated heterocycles. The fraction of sp³-hybridized carbons (Fsp3) is 0.200. The van der Waals surface area contributed by atoms with E-state index in [1.54, 1.807) is 24.3 Å². The Morgan fingerprint density at radius 3 is 2.22 bits per heavy atom. The Morgan fingerprint density at radius 1 is 1.00 bits per heavy atom. The average molecular weight is 629 g/mol. The van der Waals surface area contributed by atoms with E-state index in [0.29, 0.717) is 28.4 Å². The summed E-state index contributed by atoms with van der Waals surface area (Å²) in [5.74, 6) is -0.605. The molecule has 1 aliphatic rings. The monoisotopic (exact) mass is 628 g/mol. The van der Waals surface area contributed by atoms with Crippen LogP contribution in [0.2, 0.25) is 5.02 Å². The largest absolute Gasteiger partial charge is 0.416 e. The third-order valence-electron chi connectivity index (χ3n) is 5.89. The quantitative estimate of drug-likeness (QED) is 0.199. The van der Waals surface area contributed by atoms with E-state index in [1.165, 1.54) is 5.01 Å². The van der Waals surface area contributed by atoms with Crippen molar-refractivity contribution < 1.29 is 30.0 Å². The van der Waals surface area contributed by atoms with Crippen LogP contribution in [0.25, 0.3) is 0 Å². The SMILES string of the molecule is NS(=O)(=O)NCC/N=C(/NS(=O)(=O)c1ccc(C(F)(F)F)cc1)N1C[C@@H](c2ccccc2)C(c2ccc(Cl)cc2)=N1. The van der Waals surface area contributed by atoms with Crippen molar-refractivity contribution in [2.75, 3.05) is 19.6 Å². The fourth-order valence-corrected chi connectivity index (χ4v) is 5.50. The number of hydrogen-bond acceptors (Lipinski definition) is 6. The van der Waals surface area contributed by atoms with Crippen LogP contribution in [0.3, 0.4) is 0 Å². The van der Waals surface area contributed by atoms with Gasteiger partial charge in [0.25, 0.3) is 20.2 Å². The van der Waals surface area contributed by atoms with E-state index in [0.717, 1.165) is 17.7 Å². The Kier molecular flexibility index (Phi) is 9.03. The van der Waals surface area contributed by atoms with Crippen LogP contribution in [0.15, 0.2) is 93.9 Å². The van der Waals surface area contributed by atoms with Gasteiger partial charge in [-0.05, 0) is 47.5 Å². The van der Waals surface area contributed by atoms with Crippen LogP contribution in [0.4, 0.5) is 13.2 Å². The first-order valence-corrected chi connectivity index (χ1v) is 15.3. The van der Waals surface area contributed by atoms with Crippen LogP contribution in [-0.4, -0.2) is 53.2 Å². The molecule has 0 bridgehead atoms. The van der Waals surface area contributed by atoms with Crippen LogP contribution in [-0.2, 0) is 26.4 Å². The molecule has 218 valence electrons. The predicted octanol–water partition coefficient (Wildman–Crippen LogP) is 3.29. The van der Waals surface area contributed by atoms with Gasteiger partial charge < -0.3 is 0 Å². The summed E-state index contributed by atoms with van der Waals surface area (Å²) < 4.78 is 92.2. The number of hydrazone groups is 1. The highest BCUT2D eigenvalue weighted by Gasteiger charge is 2.34. The lowest BCUT2D eigenvalue weighted by molar-refractivity contribution is -0.137. The molecular formula is C25H24ClF3N6O4S2. The topological polar surface area (TPSA) is 146 Å². The molecule has 0 spiro atoms. The van der Waals surface area contributed by atoms with Crippen LogP contribution in [0.1, 0.15) is 22.6 Å². The highest BCUT2D eigenvalue weighted by atomic mass is 35.5. The summed E-state index contributed by atoms with van der Waals surface area (Å²) in [6, 6.07) is 19.2. The van der Waals surface area contributed by atoms with Crippen LogP contribution in [0.5, 0.6) is 0 Å². The third-order valence-corrected chi connectivity index (χ3v) is 8.10. The van der Waals surface area contributed by atoms with Gasteiger partial charge in [-0.25, -0.2) is 33.0 Å². The van der Waals surface area contributed by atoms with Gasteiger partial charge in [0.2, 0.25) is 5.96 Å². The van der Waals surface area contributed by atoms with Crippen molar-refractivity contribution in [3.63, 3.8) is 0 Å². The van der Waals surface area contributed by atoms with Crippen LogP contribution in [0, 0.1) is 0 Å². The first-order chi connectivity index (χ1) is 19.2. The molecule has 4 rings (SSSR count). The zero-order chi connectivity index (χ0) is 29.8. The summed E-state index contributed by atoms with van der Waals surface area (Å²) in [6.45, 7) is -0.355. The minimum Gasteiger partial charge on any atom is -0.249 e. The Labute approximate surface area is 240 Å². The predicted molar refractivity (Wildman–Crippen MR) is 149 cm³/mol. The minimum absolute atomic E-state index is 0.138. The Morgan fingerprint density at radius 2 is 1.63 bits per heavy atom. The van der Waals surface area contributed by atoms with E-state index in [-0.39, 0.29) is 31.5 Å². The van der Waals surface area contributed by atoms with Gasteiger partial charge in [-0.2, -0.15) is 26.7 Å². The maximum Gasteiger partial charge on any atom is 0.416 e. The van der Waals surface area contributed by atoms with E-state index in [1.807, 2.05) is 35.1 Å². The molecule has 4 N–H and O–H groups in total. The minimum atomic E-state index is -4.65. The number of alkyl halides is 3. The summed E-state index contributed by atoms with van der Waals surface area (Å²) >= 11 is 6.05. The zero-order valence-electron chi connectivity index (χ0n) is 21.1. The Bertz CT molecular complexity index is 1650. The van der Waals surface area contributed by atoms with Crippen molar-refractivity contribution in [2.45, 2.75) is 17.0 Å². The van der Waals surface area contributed by atoms with Gasteiger partial charge in [0.1, 0.15) is 0 Å². The molecule has 0 unspecified atom stereocenters. The van der Waals surface area contributed by atoms with Crippen molar-refractivity contribution in [2.24, 2.45) is 15.2 Å². The number of hydrogen-bond donors (Lipinski definition) is 3. The first kappa shape index (κ1) is 30.5. The molecule has 3 aromatic rings. The molecule has 1 aliphatic heterocycles. The molecule has 3 aromatic carbocycles. The number of nitrogens with one attached hydrogen (secondary N) is 2. The number of nitrogens with two attached hydrogens (primary N) is 1. The summed E-state index contributed by atoms with van der Waals surface area (Å²) in [4.78, 5) is 3.77. The van der Waals surface area contributed by atoms with E-state index < -0.39 is 36.9 Å². The maximum atomic E-state index is 13.2. The molecule has 0 saturated carbocycles. The average Bonchev–Trinajstić information content (AvgIpc) is 3.36. The van der Waals surface area contributed by atoms with Crippen molar-refractivity contribution in [1.82, 2.24) is 14.5 Å². The number of rotatable bonds is 8. The van der Waals surface area contributed by atoms with Crippen LogP contribution >= 0.6 is 11.6 Å². The van der Waals surface area contributed by atoms with Gasteiger partial charge in [0.15, 0.2) is 0 Å². The second kappa shape index (κ2) is 12.2. The maximum absolute atomic E-state index is 13.2. The molecule has 0 aromatic heterocycles. The molecule has 0 radical (unpaired) electrons. The molecule has 16 heteroatoms. The molecule has 0 amide bonds. The highest BCUT2D eigenvalue weighted by Crippen LogP contribution is 2.31. The number of nitrogens with zero attached hydrogens (tertiary/aromatic N) is 3. The van der Waals surface area contributed by atoms with Crippen molar-refractivity contribution in [3.05, 3.63) is 101 Å². The van der Waals surface area contributed by atoms with Crippen molar-refractivity contribution >= 4 is 43.5 Å². The number of benzene rings is 3. The molecule has 1 atom stereocenters. The van der Waals surface area contributed by atoms with Gasteiger partial charge in [-0.3, -0.25) is 0 Å². The van der Waals surface area contributed by atoms with Gasteiger partial charge in [0, 0.05) is 17.5 Å². The third kappa shape index (κ3) is 8.04. The number of halogens is 4. The van der Waals surface area contributed by atoms with Gasteiger partial charge >= 0.3 is 6.18 Å². The van der Waals surface area contributed by atoms with Crippen molar-refractivity contribution in [3.8, 4) is 0 Å². The molecule has 0 fully saturated rings. The number of sulfonamides is 1. The lowest BCUT2D eigenvalue weighted by Gasteiger charge is -2.20. The van der Waals surface area contributed by atoms with Crippen molar-refractivity contribution in [1.29, 1.82) is 0 Å². The number of aliphatic imine (C=N–C) groups is 1. The molecule has 0 aliphatic carbocycles. The molecular weight excluding hydrogens is 605 g/mol.